The normalized spacial score (nSPS) is 26.6. The molecular formula is C17H30N4O3. The third-order valence-corrected chi connectivity index (χ3v) is 5.35. The Hall–Kier alpha value is -1.34. The van der Waals surface area contributed by atoms with Crippen molar-refractivity contribution in [2.75, 3.05) is 52.4 Å². The van der Waals surface area contributed by atoms with Gasteiger partial charge in [-0.15, -0.1) is 0 Å². The first kappa shape index (κ1) is 17.5. The molecule has 1 N–H and O–H groups in total. The summed E-state index contributed by atoms with van der Waals surface area (Å²) < 4.78 is 5.62. The highest BCUT2D eigenvalue weighted by atomic mass is 16.5. The molecule has 0 unspecified atom stereocenters. The summed E-state index contributed by atoms with van der Waals surface area (Å²) in [5.74, 6) is 0.199. The van der Waals surface area contributed by atoms with Crippen LogP contribution >= 0.6 is 0 Å². The van der Waals surface area contributed by atoms with Crippen LogP contribution in [0.3, 0.4) is 0 Å². The van der Waals surface area contributed by atoms with E-state index in [4.69, 9.17) is 4.74 Å². The molecule has 0 aromatic rings. The van der Waals surface area contributed by atoms with Crippen LogP contribution in [0.15, 0.2) is 0 Å². The fraction of sp³-hybridized carbons (Fsp3) is 0.882. The Morgan fingerprint density at radius 3 is 2.33 bits per heavy atom. The van der Waals surface area contributed by atoms with E-state index in [-0.39, 0.29) is 24.1 Å². The van der Waals surface area contributed by atoms with Crippen LogP contribution in [0.5, 0.6) is 0 Å². The van der Waals surface area contributed by atoms with Gasteiger partial charge in [-0.25, -0.2) is 4.79 Å². The van der Waals surface area contributed by atoms with E-state index in [9.17, 15) is 9.59 Å². The first-order valence-electron chi connectivity index (χ1n) is 9.30. The molecule has 136 valence electrons. The summed E-state index contributed by atoms with van der Waals surface area (Å²) in [6, 6.07) is -0.000491. The van der Waals surface area contributed by atoms with Gasteiger partial charge in [0.15, 0.2) is 0 Å². The monoisotopic (exact) mass is 338 g/mol. The molecule has 3 aliphatic rings. The van der Waals surface area contributed by atoms with Crippen LogP contribution < -0.4 is 5.32 Å². The molecule has 7 heteroatoms. The molecule has 0 saturated carbocycles. The number of hydrogen-bond donors (Lipinski definition) is 1. The first-order valence-corrected chi connectivity index (χ1v) is 9.30. The Morgan fingerprint density at radius 1 is 1.04 bits per heavy atom. The molecular weight excluding hydrogens is 308 g/mol. The molecule has 2 atom stereocenters. The van der Waals surface area contributed by atoms with E-state index in [1.54, 1.807) is 0 Å². The predicted molar refractivity (Wildman–Crippen MR) is 90.8 cm³/mol. The van der Waals surface area contributed by atoms with E-state index < -0.39 is 0 Å². The number of likely N-dealkylation sites (tertiary alicyclic amines) is 1. The molecule has 0 aliphatic carbocycles. The highest BCUT2D eigenvalue weighted by molar-refractivity contribution is 5.79. The van der Waals surface area contributed by atoms with E-state index in [0.717, 1.165) is 32.5 Å². The van der Waals surface area contributed by atoms with Crippen molar-refractivity contribution in [1.82, 2.24) is 20.0 Å². The Labute approximate surface area is 144 Å². The lowest BCUT2D eigenvalue weighted by atomic mass is 10.1. The number of carbonyl (C=O) groups is 2. The molecule has 0 radical (unpaired) electrons. The number of hydrogen-bond acceptors (Lipinski definition) is 4. The molecule has 0 aromatic carbocycles. The summed E-state index contributed by atoms with van der Waals surface area (Å²) in [6.45, 7) is 7.88. The zero-order valence-electron chi connectivity index (χ0n) is 14.7. The second-order valence-corrected chi connectivity index (χ2v) is 7.14. The Balaban J connectivity index is 1.39. The molecule has 0 aromatic heterocycles. The standard InChI is InChI=1S/C17H30N4O3/c1-14(15-5-4-12-24-15)18-17(23)21-10-8-20(9-11-21)16(22)13-19-6-2-3-7-19/h14-15H,2-13H2,1H3,(H,18,23)/t14-,15-/m1/s1. The van der Waals surface area contributed by atoms with Crippen LogP contribution in [0.4, 0.5) is 4.79 Å². The van der Waals surface area contributed by atoms with Crippen LogP contribution in [-0.4, -0.2) is 91.2 Å². The van der Waals surface area contributed by atoms with Crippen LogP contribution in [0.1, 0.15) is 32.6 Å². The van der Waals surface area contributed by atoms with Crippen molar-refractivity contribution >= 4 is 11.9 Å². The van der Waals surface area contributed by atoms with E-state index >= 15 is 0 Å². The maximum Gasteiger partial charge on any atom is 0.317 e. The minimum Gasteiger partial charge on any atom is -0.376 e. The molecule has 0 spiro atoms. The lowest BCUT2D eigenvalue weighted by molar-refractivity contribution is -0.133. The number of amides is 3. The van der Waals surface area contributed by atoms with E-state index in [2.05, 4.69) is 10.2 Å². The van der Waals surface area contributed by atoms with Crippen molar-refractivity contribution in [2.24, 2.45) is 0 Å². The highest BCUT2D eigenvalue weighted by Crippen LogP contribution is 2.16. The average Bonchev–Trinajstić information content (AvgIpc) is 3.28. The number of nitrogens with zero attached hydrogens (tertiary/aromatic N) is 3. The van der Waals surface area contributed by atoms with Gasteiger partial charge >= 0.3 is 6.03 Å². The Kier molecular flexibility index (Phi) is 5.94. The molecule has 3 rings (SSSR count). The van der Waals surface area contributed by atoms with Crippen LogP contribution in [0.25, 0.3) is 0 Å². The summed E-state index contributed by atoms with van der Waals surface area (Å²) in [5.41, 5.74) is 0. The van der Waals surface area contributed by atoms with E-state index in [1.165, 1.54) is 12.8 Å². The van der Waals surface area contributed by atoms with Gasteiger partial charge in [0.2, 0.25) is 5.91 Å². The van der Waals surface area contributed by atoms with Crippen LogP contribution in [-0.2, 0) is 9.53 Å². The lowest BCUT2D eigenvalue weighted by Crippen LogP contribution is -2.56. The van der Waals surface area contributed by atoms with Crippen molar-refractivity contribution in [2.45, 2.75) is 44.8 Å². The van der Waals surface area contributed by atoms with Gasteiger partial charge in [0.25, 0.3) is 0 Å². The zero-order chi connectivity index (χ0) is 16.9. The highest BCUT2D eigenvalue weighted by Gasteiger charge is 2.28. The second kappa shape index (κ2) is 8.16. The van der Waals surface area contributed by atoms with Crippen molar-refractivity contribution < 1.29 is 14.3 Å². The summed E-state index contributed by atoms with van der Waals surface area (Å²) in [5, 5.41) is 3.04. The summed E-state index contributed by atoms with van der Waals surface area (Å²) in [4.78, 5) is 30.6. The fourth-order valence-corrected chi connectivity index (χ4v) is 3.77. The van der Waals surface area contributed by atoms with Gasteiger partial charge in [0, 0.05) is 32.8 Å². The maximum atomic E-state index is 12.4. The van der Waals surface area contributed by atoms with Gasteiger partial charge in [-0.1, -0.05) is 0 Å². The molecule has 3 saturated heterocycles. The summed E-state index contributed by atoms with van der Waals surface area (Å²) in [6.07, 6.45) is 4.62. The number of urea groups is 1. The van der Waals surface area contributed by atoms with E-state index in [0.29, 0.717) is 32.7 Å². The van der Waals surface area contributed by atoms with Crippen LogP contribution in [0.2, 0.25) is 0 Å². The van der Waals surface area contributed by atoms with Crippen LogP contribution in [0, 0.1) is 0 Å². The quantitative estimate of drug-likeness (QED) is 0.811. The maximum absolute atomic E-state index is 12.4. The van der Waals surface area contributed by atoms with Gasteiger partial charge in [0.05, 0.1) is 18.7 Å². The average molecular weight is 338 g/mol. The second-order valence-electron chi connectivity index (χ2n) is 7.14. The predicted octanol–water partition coefficient (Wildman–Crippen LogP) is 0.504. The van der Waals surface area contributed by atoms with Crippen molar-refractivity contribution in [3.05, 3.63) is 0 Å². The largest absolute Gasteiger partial charge is 0.376 e. The fourth-order valence-electron chi connectivity index (χ4n) is 3.77. The molecule has 3 amide bonds. The summed E-state index contributed by atoms with van der Waals surface area (Å²) in [7, 11) is 0. The number of piperazine rings is 1. The van der Waals surface area contributed by atoms with Crippen molar-refractivity contribution in [3.8, 4) is 0 Å². The van der Waals surface area contributed by atoms with Gasteiger partial charge in [0.1, 0.15) is 0 Å². The molecule has 0 bridgehead atoms. The van der Waals surface area contributed by atoms with Gasteiger partial charge in [-0.3, -0.25) is 9.69 Å². The molecule has 7 nitrogen and oxygen atoms in total. The first-order chi connectivity index (χ1) is 11.6. The Morgan fingerprint density at radius 2 is 1.71 bits per heavy atom. The molecule has 3 fully saturated rings. The van der Waals surface area contributed by atoms with Gasteiger partial charge < -0.3 is 19.9 Å². The number of rotatable bonds is 4. The SMILES string of the molecule is C[C@@H](NC(=O)N1CCN(C(=O)CN2CCCC2)CC1)[C@H]1CCCO1. The number of nitrogens with one attached hydrogen (secondary N) is 1. The smallest absolute Gasteiger partial charge is 0.317 e. The van der Waals surface area contributed by atoms with Gasteiger partial charge in [-0.2, -0.15) is 0 Å². The number of carbonyl (C=O) groups excluding carboxylic acids is 2. The van der Waals surface area contributed by atoms with Gasteiger partial charge in [-0.05, 0) is 45.7 Å². The minimum absolute atomic E-state index is 0.0369. The zero-order valence-corrected chi connectivity index (χ0v) is 14.7. The third kappa shape index (κ3) is 4.39. The Bertz CT molecular complexity index is 439. The molecule has 3 aliphatic heterocycles. The van der Waals surface area contributed by atoms with E-state index in [1.807, 2.05) is 16.7 Å². The summed E-state index contributed by atoms with van der Waals surface area (Å²) >= 11 is 0. The van der Waals surface area contributed by atoms with Crippen molar-refractivity contribution in [3.63, 3.8) is 0 Å². The molecule has 24 heavy (non-hydrogen) atoms. The molecule has 3 heterocycles. The number of ether oxygens (including phenoxy) is 1. The van der Waals surface area contributed by atoms with Crippen molar-refractivity contribution in [1.29, 1.82) is 0 Å². The lowest BCUT2D eigenvalue weighted by Gasteiger charge is -2.36. The minimum atomic E-state index is -0.0374. The topological polar surface area (TPSA) is 65.1 Å². The third-order valence-electron chi connectivity index (χ3n) is 5.35.